The van der Waals surface area contributed by atoms with E-state index in [1.54, 1.807) is 19.0 Å². The summed E-state index contributed by atoms with van der Waals surface area (Å²) >= 11 is 0. The molecule has 2 N–H and O–H groups in total. The third-order valence-electron chi connectivity index (χ3n) is 2.86. The Morgan fingerprint density at radius 3 is 2.75 bits per heavy atom. The molecule has 5 heteroatoms. The van der Waals surface area contributed by atoms with Crippen LogP contribution in [0.3, 0.4) is 0 Å². The van der Waals surface area contributed by atoms with E-state index in [1.807, 2.05) is 6.92 Å². The van der Waals surface area contributed by atoms with E-state index in [9.17, 15) is 4.79 Å². The van der Waals surface area contributed by atoms with Gasteiger partial charge in [0.05, 0.1) is 11.9 Å². The smallest absolute Gasteiger partial charge is 0.274 e. The molecule has 1 rings (SSSR count). The van der Waals surface area contributed by atoms with Crippen molar-refractivity contribution >= 4 is 11.6 Å². The number of nitrogen functional groups attached to an aromatic ring is 1. The molecule has 0 aliphatic heterocycles. The van der Waals surface area contributed by atoms with Gasteiger partial charge in [-0.2, -0.15) is 5.10 Å². The molecular weight excluding hydrogens is 204 g/mol. The zero-order valence-corrected chi connectivity index (χ0v) is 10.4. The topological polar surface area (TPSA) is 64.2 Å². The van der Waals surface area contributed by atoms with Gasteiger partial charge in [0.2, 0.25) is 0 Å². The molecule has 0 aromatic carbocycles. The third-order valence-corrected chi connectivity index (χ3v) is 2.86. The van der Waals surface area contributed by atoms with E-state index in [2.05, 4.69) is 12.0 Å². The van der Waals surface area contributed by atoms with Crippen molar-refractivity contribution in [2.24, 2.45) is 7.05 Å². The second-order valence-electron chi connectivity index (χ2n) is 4.13. The molecule has 0 radical (unpaired) electrons. The summed E-state index contributed by atoms with van der Waals surface area (Å²) in [5.41, 5.74) is 6.62. The van der Waals surface area contributed by atoms with Crippen LogP contribution in [-0.4, -0.2) is 33.7 Å². The molecule has 0 aliphatic carbocycles. The highest BCUT2D eigenvalue weighted by atomic mass is 16.2. The van der Waals surface area contributed by atoms with Crippen molar-refractivity contribution < 1.29 is 4.79 Å². The van der Waals surface area contributed by atoms with Gasteiger partial charge in [-0.25, -0.2) is 0 Å². The molecule has 0 saturated carbocycles. The van der Waals surface area contributed by atoms with E-state index in [4.69, 9.17) is 5.73 Å². The molecule has 0 aliphatic rings. The minimum Gasteiger partial charge on any atom is -0.396 e. The molecule has 0 fully saturated rings. The van der Waals surface area contributed by atoms with Gasteiger partial charge < -0.3 is 10.6 Å². The third kappa shape index (κ3) is 2.35. The quantitative estimate of drug-likeness (QED) is 0.837. The summed E-state index contributed by atoms with van der Waals surface area (Å²) in [5.74, 6) is -0.0709. The second-order valence-corrected chi connectivity index (χ2v) is 4.13. The van der Waals surface area contributed by atoms with Crippen molar-refractivity contribution in [1.82, 2.24) is 14.7 Å². The normalized spacial score (nSPS) is 12.5. The first-order chi connectivity index (χ1) is 7.49. The highest BCUT2D eigenvalue weighted by molar-refractivity contribution is 5.97. The maximum atomic E-state index is 12.1. The van der Waals surface area contributed by atoms with Crippen molar-refractivity contribution in [2.75, 3.05) is 12.8 Å². The average molecular weight is 224 g/mol. The molecule has 0 spiro atoms. The van der Waals surface area contributed by atoms with Crippen LogP contribution in [0, 0.1) is 0 Å². The number of carbonyl (C=O) groups excluding carboxylic acids is 1. The zero-order valence-electron chi connectivity index (χ0n) is 10.4. The first-order valence-electron chi connectivity index (χ1n) is 5.53. The van der Waals surface area contributed by atoms with Crippen molar-refractivity contribution in [1.29, 1.82) is 0 Å². The van der Waals surface area contributed by atoms with Gasteiger partial charge in [-0.05, 0) is 13.3 Å². The van der Waals surface area contributed by atoms with E-state index in [0.29, 0.717) is 11.4 Å². The molecule has 1 heterocycles. The highest BCUT2D eigenvalue weighted by Gasteiger charge is 2.22. The van der Waals surface area contributed by atoms with Crippen molar-refractivity contribution in [3.8, 4) is 0 Å². The first kappa shape index (κ1) is 12.5. The Morgan fingerprint density at radius 2 is 2.31 bits per heavy atom. The lowest BCUT2D eigenvalue weighted by atomic mass is 10.1. The minimum absolute atomic E-state index is 0.0709. The van der Waals surface area contributed by atoms with E-state index in [1.165, 1.54) is 10.9 Å². The number of rotatable bonds is 4. The highest BCUT2D eigenvalue weighted by Crippen LogP contribution is 2.14. The fourth-order valence-corrected chi connectivity index (χ4v) is 1.70. The number of nitrogens with two attached hydrogens (primary N) is 1. The van der Waals surface area contributed by atoms with Crippen LogP contribution in [0.25, 0.3) is 0 Å². The number of carbonyl (C=O) groups is 1. The second kappa shape index (κ2) is 5.01. The molecule has 1 atom stereocenters. The Balaban J connectivity index is 2.86. The van der Waals surface area contributed by atoms with Gasteiger partial charge in [-0.3, -0.25) is 9.48 Å². The van der Waals surface area contributed by atoms with Crippen molar-refractivity contribution in [3.63, 3.8) is 0 Å². The summed E-state index contributed by atoms with van der Waals surface area (Å²) in [6, 6.07) is 0.215. The van der Waals surface area contributed by atoms with Crippen LogP contribution in [0.15, 0.2) is 6.20 Å². The molecule has 90 valence electrons. The summed E-state index contributed by atoms with van der Waals surface area (Å²) in [4.78, 5) is 13.9. The average Bonchev–Trinajstić information content (AvgIpc) is 2.57. The fraction of sp³-hybridized carbons (Fsp3) is 0.636. The summed E-state index contributed by atoms with van der Waals surface area (Å²) in [5, 5.41) is 3.97. The number of hydrogen-bond donors (Lipinski definition) is 1. The number of hydrogen-bond acceptors (Lipinski definition) is 3. The molecule has 1 amide bonds. The maximum absolute atomic E-state index is 12.1. The standard InChI is InChI=1S/C11H20N4O/c1-5-6-8(2)14(3)11(16)10-9(12)7-13-15(10)4/h7-8H,5-6,12H2,1-4H3. The molecule has 16 heavy (non-hydrogen) atoms. The molecular formula is C11H20N4O. The molecule has 0 saturated heterocycles. The van der Waals surface area contributed by atoms with Gasteiger partial charge in [0.15, 0.2) is 0 Å². The van der Waals surface area contributed by atoms with Gasteiger partial charge in [0.25, 0.3) is 5.91 Å². The summed E-state index contributed by atoms with van der Waals surface area (Å²) in [7, 11) is 3.52. The Kier molecular flexibility index (Phi) is 3.93. The van der Waals surface area contributed by atoms with Crippen LogP contribution < -0.4 is 5.73 Å². The number of nitrogens with zero attached hydrogens (tertiary/aromatic N) is 3. The summed E-state index contributed by atoms with van der Waals surface area (Å²) in [6.07, 6.45) is 3.55. The van der Waals surface area contributed by atoms with E-state index >= 15 is 0 Å². The van der Waals surface area contributed by atoms with E-state index in [-0.39, 0.29) is 11.9 Å². The van der Waals surface area contributed by atoms with Crippen LogP contribution in [0.2, 0.25) is 0 Å². The summed E-state index contributed by atoms with van der Waals surface area (Å²) in [6.45, 7) is 4.14. The number of amides is 1. The van der Waals surface area contributed by atoms with Crippen LogP contribution >= 0.6 is 0 Å². The van der Waals surface area contributed by atoms with Crippen LogP contribution in [0.1, 0.15) is 37.2 Å². The molecule has 1 aromatic rings. The predicted molar refractivity (Wildman–Crippen MR) is 64.1 cm³/mol. The molecule has 0 bridgehead atoms. The van der Waals surface area contributed by atoms with Crippen molar-refractivity contribution in [2.45, 2.75) is 32.7 Å². The molecule has 1 aromatic heterocycles. The number of aromatic nitrogens is 2. The van der Waals surface area contributed by atoms with E-state index < -0.39 is 0 Å². The lowest BCUT2D eigenvalue weighted by molar-refractivity contribution is 0.0727. The van der Waals surface area contributed by atoms with Gasteiger partial charge in [-0.15, -0.1) is 0 Å². The van der Waals surface area contributed by atoms with Gasteiger partial charge in [0.1, 0.15) is 5.69 Å². The Bertz CT molecular complexity index is 353. The summed E-state index contributed by atoms with van der Waals surface area (Å²) < 4.78 is 1.52. The maximum Gasteiger partial charge on any atom is 0.274 e. The Hall–Kier alpha value is -1.52. The molecule has 1 unspecified atom stereocenters. The minimum atomic E-state index is -0.0709. The lowest BCUT2D eigenvalue weighted by Gasteiger charge is -2.24. The number of aryl methyl sites for hydroxylation is 1. The fourth-order valence-electron chi connectivity index (χ4n) is 1.70. The first-order valence-corrected chi connectivity index (χ1v) is 5.53. The Morgan fingerprint density at radius 1 is 1.69 bits per heavy atom. The van der Waals surface area contributed by atoms with E-state index in [0.717, 1.165) is 12.8 Å². The largest absolute Gasteiger partial charge is 0.396 e. The van der Waals surface area contributed by atoms with Gasteiger partial charge >= 0.3 is 0 Å². The van der Waals surface area contributed by atoms with Crippen LogP contribution in [-0.2, 0) is 7.05 Å². The van der Waals surface area contributed by atoms with Crippen LogP contribution in [0.5, 0.6) is 0 Å². The monoisotopic (exact) mass is 224 g/mol. The predicted octanol–water partition coefficient (Wildman–Crippen LogP) is 1.26. The van der Waals surface area contributed by atoms with Crippen molar-refractivity contribution in [3.05, 3.63) is 11.9 Å². The zero-order chi connectivity index (χ0) is 12.3. The Labute approximate surface area is 96.2 Å². The SMILES string of the molecule is CCCC(C)N(C)C(=O)c1c(N)cnn1C. The van der Waals surface area contributed by atoms with Gasteiger partial charge in [0, 0.05) is 20.1 Å². The number of anilines is 1. The molecule has 5 nitrogen and oxygen atoms in total. The van der Waals surface area contributed by atoms with Crippen LogP contribution in [0.4, 0.5) is 5.69 Å². The lowest BCUT2D eigenvalue weighted by Crippen LogP contribution is -2.36. The van der Waals surface area contributed by atoms with Gasteiger partial charge in [-0.1, -0.05) is 13.3 Å².